The van der Waals surface area contributed by atoms with Crippen molar-refractivity contribution in [3.8, 4) is 0 Å². The highest BCUT2D eigenvalue weighted by Gasteiger charge is 2.16. The van der Waals surface area contributed by atoms with Gasteiger partial charge in [0.1, 0.15) is 0 Å². The van der Waals surface area contributed by atoms with E-state index >= 15 is 0 Å². The molecule has 1 aliphatic rings. The van der Waals surface area contributed by atoms with E-state index in [-0.39, 0.29) is 11.6 Å². The van der Waals surface area contributed by atoms with Crippen LogP contribution in [0.5, 0.6) is 0 Å². The summed E-state index contributed by atoms with van der Waals surface area (Å²) in [7, 11) is -0.137. The van der Waals surface area contributed by atoms with Crippen molar-refractivity contribution in [2.24, 2.45) is 0 Å². The Morgan fingerprint density at radius 3 is 1.30 bits per heavy atom. The van der Waals surface area contributed by atoms with Crippen LogP contribution in [0.3, 0.4) is 0 Å². The summed E-state index contributed by atoms with van der Waals surface area (Å²) in [5.41, 5.74) is 28.0. The van der Waals surface area contributed by atoms with Gasteiger partial charge in [0.25, 0.3) is 0 Å². The molecule has 0 spiro atoms. The van der Waals surface area contributed by atoms with Crippen LogP contribution >= 0.6 is 10.7 Å². The Morgan fingerprint density at radius 1 is 0.870 bits per heavy atom. The molecule has 0 unspecified atom stereocenters. The van der Waals surface area contributed by atoms with Gasteiger partial charge in [0, 0.05) is 21.8 Å². The number of carbonyl (C=O) groups excluding carboxylic acids is 2. The molecule has 122 valence electrons. The molecule has 2 rings (SSSR count). The molecule has 0 saturated carbocycles. The smallest absolute Gasteiger partial charge is 0.353 e. The molecule has 13 heteroatoms. The highest BCUT2D eigenvalue weighted by Crippen LogP contribution is 2.15. The molecule has 0 atom stereocenters. The monoisotopic (exact) mass is 358 g/mol. The van der Waals surface area contributed by atoms with E-state index in [0.717, 1.165) is 0 Å². The van der Waals surface area contributed by atoms with E-state index in [9.17, 15) is 9.59 Å². The highest BCUT2D eigenvalue weighted by atomic mass is 35.7. The number of carbonyl (C=O) groups is 2. The van der Waals surface area contributed by atoms with Crippen molar-refractivity contribution in [1.29, 1.82) is 0 Å². The van der Waals surface area contributed by atoms with Crippen LogP contribution in [0.2, 0.25) is 0 Å². The van der Waals surface area contributed by atoms with Crippen molar-refractivity contribution >= 4 is 31.6 Å². The van der Waals surface area contributed by atoms with E-state index in [1.165, 1.54) is 22.0 Å². The van der Waals surface area contributed by atoms with Gasteiger partial charge in [-0.1, -0.05) is 24.3 Å². The maximum Gasteiger partial charge on any atom is 0.353 e. The van der Waals surface area contributed by atoms with E-state index in [1.807, 2.05) is 0 Å². The van der Waals surface area contributed by atoms with Gasteiger partial charge in [-0.25, -0.2) is 0 Å². The fraction of sp³-hybridized carbons (Fsp3) is 0. The summed E-state index contributed by atoms with van der Waals surface area (Å²) in [5, 5.41) is 0. The molecule has 0 aromatic heterocycles. The molecule has 0 amide bonds. The average molecular weight is 359 g/mol. The number of rotatable bonds is 0. The molecule has 0 bridgehead atoms. The molecule has 23 heavy (non-hydrogen) atoms. The quantitative estimate of drug-likeness (QED) is 0.242. The Bertz CT molecular complexity index is 707. The minimum Gasteiger partial charge on any atom is -0.373 e. The van der Waals surface area contributed by atoms with E-state index < -0.39 is 9.33 Å². The van der Waals surface area contributed by atoms with E-state index in [1.54, 1.807) is 24.3 Å². The van der Waals surface area contributed by atoms with Crippen molar-refractivity contribution < 1.29 is 22.6 Å². The number of allylic oxidation sites excluding steroid dienone is 2. The Morgan fingerprint density at radius 2 is 1.09 bits per heavy atom. The topological polar surface area (TPSA) is 206 Å². The van der Waals surface area contributed by atoms with Gasteiger partial charge in [-0.15, -0.1) is 0 Å². The average Bonchev–Trinajstić information content (AvgIpc) is 2.43. The van der Waals surface area contributed by atoms with E-state index in [4.69, 9.17) is 35.1 Å². The Kier molecular flexibility index (Phi) is 11.4. The second kappa shape index (κ2) is 11.7. The number of fused-ring (bicyclic) bond motifs is 1. The van der Waals surface area contributed by atoms with Crippen LogP contribution in [0.4, 0.5) is 0 Å². The lowest BCUT2D eigenvalue weighted by atomic mass is 9.95. The molecule has 11 nitrogen and oxygen atoms in total. The van der Waals surface area contributed by atoms with E-state index in [0.29, 0.717) is 11.1 Å². The van der Waals surface area contributed by atoms with Crippen LogP contribution < -0.4 is 0 Å². The van der Waals surface area contributed by atoms with E-state index in [2.05, 4.69) is 10.7 Å². The molecule has 1 aliphatic carbocycles. The summed E-state index contributed by atoms with van der Waals surface area (Å²) in [4.78, 5) is 25.4. The molecular formula is C10H7ClN6O5S-2. The number of nitrogens with zero attached hydrogens (tertiary/aromatic N) is 6. The van der Waals surface area contributed by atoms with Gasteiger partial charge in [-0.05, 0) is 12.2 Å². The van der Waals surface area contributed by atoms with Crippen molar-refractivity contribution in [2.45, 2.75) is 0 Å². The summed E-state index contributed by atoms with van der Waals surface area (Å²) in [6.45, 7) is 0. The first kappa shape index (κ1) is 22.4. The lowest BCUT2D eigenvalue weighted by Gasteiger charge is -2.06. The summed E-state index contributed by atoms with van der Waals surface area (Å²) in [6, 6.07) is 6.84. The molecule has 1 aromatic carbocycles. The molecule has 0 aliphatic heterocycles. The molecule has 1 aromatic rings. The minimum absolute atomic E-state index is 0.0924. The van der Waals surface area contributed by atoms with Crippen molar-refractivity contribution in [3.63, 3.8) is 0 Å². The molecule has 0 radical (unpaired) electrons. The first-order valence-corrected chi connectivity index (χ1v) is 7.38. The number of hydrogen-bond donors (Lipinski definition) is 1. The summed E-state index contributed by atoms with van der Waals surface area (Å²) >= 11 is 0. The van der Waals surface area contributed by atoms with Gasteiger partial charge in [0.15, 0.2) is 11.6 Å². The van der Waals surface area contributed by atoms with Crippen LogP contribution in [0.25, 0.3) is 31.9 Å². The predicted molar refractivity (Wildman–Crippen MR) is 81.8 cm³/mol. The van der Waals surface area contributed by atoms with Gasteiger partial charge in [0.2, 0.25) is 0 Å². The third-order valence-electron chi connectivity index (χ3n) is 1.84. The second-order valence-electron chi connectivity index (χ2n) is 3.20. The van der Waals surface area contributed by atoms with Crippen LogP contribution in [0, 0.1) is 0 Å². The van der Waals surface area contributed by atoms with Crippen molar-refractivity contribution in [3.05, 3.63) is 79.5 Å². The van der Waals surface area contributed by atoms with Gasteiger partial charge >= 0.3 is 9.33 Å². The highest BCUT2D eigenvalue weighted by molar-refractivity contribution is 8.09. The number of ketones is 2. The first-order valence-electron chi connectivity index (χ1n) is 5.12. The zero-order valence-electron chi connectivity index (χ0n) is 11.0. The fourth-order valence-corrected chi connectivity index (χ4v) is 1.24. The van der Waals surface area contributed by atoms with Crippen LogP contribution in [0.15, 0.2) is 36.4 Å². The number of benzene rings is 1. The molecule has 0 heterocycles. The van der Waals surface area contributed by atoms with Gasteiger partial charge in [-0.2, -0.15) is 8.42 Å². The largest absolute Gasteiger partial charge is 0.373 e. The number of hydrogen-bond acceptors (Lipinski definition) is 4. The SMILES string of the molecule is O=C1C=CC(=O)c2ccccc21.O=S(=O)(O)Cl.[N-]=[N+]=[N-].[N-]=[N+]=[N-]. The summed E-state index contributed by atoms with van der Waals surface area (Å²) in [5.74, 6) is -0.185. The lowest BCUT2D eigenvalue weighted by molar-refractivity contribution is 0.0994. The fourth-order valence-electron chi connectivity index (χ4n) is 1.24. The second-order valence-corrected chi connectivity index (χ2v) is 5.19. The van der Waals surface area contributed by atoms with Crippen LogP contribution in [0.1, 0.15) is 20.7 Å². The summed E-state index contributed by atoms with van der Waals surface area (Å²) < 4.78 is 25.2. The third kappa shape index (κ3) is 12.6. The molecular weight excluding hydrogens is 352 g/mol. The Hall–Kier alpha value is -2.88. The zero-order valence-corrected chi connectivity index (χ0v) is 12.6. The summed E-state index contributed by atoms with van der Waals surface area (Å²) in [6.07, 6.45) is 2.62. The third-order valence-corrected chi connectivity index (χ3v) is 1.84. The minimum atomic E-state index is -4.19. The van der Waals surface area contributed by atoms with Gasteiger partial charge in [0.05, 0.1) is 0 Å². The van der Waals surface area contributed by atoms with Gasteiger partial charge in [-0.3, -0.25) is 24.0 Å². The molecule has 0 fully saturated rings. The maximum atomic E-state index is 11.2. The van der Waals surface area contributed by atoms with Crippen molar-refractivity contribution in [1.82, 2.24) is 0 Å². The first-order chi connectivity index (χ1) is 10.6. The molecule has 1 N–H and O–H groups in total. The van der Waals surface area contributed by atoms with Crippen LogP contribution in [-0.2, 0) is 9.33 Å². The van der Waals surface area contributed by atoms with Crippen LogP contribution in [-0.4, -0.2) is 24.5 Å². The lowest BCUT2D eigenvalue weighted by Crippen LogP contribution is -2.10. The molecule has 0 saturated heterocycles. The van der Waals surface area contributed by atoms with Crippen molar-refractivity contribution in [2.75, 3.05) is 0 Å². The normalized spacial score (nSPS) is 10.9. The zero-order chi connectivity index (χ0) is 18.5. The predicted octanol–water partition coefficient (Wildman–Crippen LogP) is 3.38. The Labute approximate surface area is 134 Å². The standard InChI is InChI=1S/C10H6O2.ClHO3S.2N3/c11-9-5-6-10(12)8-4-2-1-3-7(8)9;1-5(2,3)4;2*1-3-2/h1-6H;(H,2,3,4);;/q;;2*-1. The maximum absolute atomic E-state index is 11.2. The number of halogens is 1. The Balaban J connectivity index is 0. The van der Waals surface area contributed by atoms with Gasteiger partial charge < -0.3 is 22.1 Å².